The molecule has 0 radical (unpaired) electrons. The van der Waals surface area contributed by atoms with Crippen molar-refractivity contribution in [2.45, 2.75) is 33.7 Å². The zero-order chi connectivity index (χ0) is 14.4. The van der Waals surface area contributed by atoms with Gasteiger partial charge in [0.25, 0.3) is 5.19 Å². The number of ether oxygens (including phenoxy) is 1. The highest BCUT2D eigenvalue weighted by Crippen LogP contribution is 2.25. The molecule has 4 nitrogen and oxygen atoms in total. The number of aryl methyl sites for hydroxylation is 1. The summed E-state index contributed by atoms with van der Waals surface area (Å²) in [5.41, 5.74) is 1.30. The lowest BCUT2D eigenvalue weighted by molar-refractivity contribution is 0.472. The van der Waals surface area contributed by atoms with E-state index in [1.165, 1.54) is 16.9 Å². The molecule has 1 heterocycles. The fraction of sp³-hybridized carbons (Fsp3) is 0.467. The van der Waals surface area contributed by atoms with Crippen LogP contribution in [0, 0.1) is 5.92 Å². The Morgan fingerprint density at radius 1 is 1.20 bits per heavy atom. The van der Waals surface area contributed by atoms with Gasteiger partial charge in [-0.25, -0.2) is 0 Å². The first kappa shape index (κ1) is 14.9. The fourth-order valence-electron chi connectivity index (χ4n) is 1.71. The maximum atomic E-state index is 5.70. The lowest BCUT2D eigenvalue weighted by atomic mass is 10.2. The van der Waals surface area contributed by atoms with Crippen molar-refractivity contribution in [3.05, 3.63) is 34.8 Å². The predicted octanol–water partition coefficient (Wildman–Crippen LogP) is 3.64. The second-order valence-corrected chi connectivity index (χ2v) is 6.11. The quantitative estimate of drug-likeness (QED) is 0.846. The van der Waals surface area contributed by atoms with Crippen molar-refractivity contribution in [2.75, 3.05) is 6.54 Å². The summed E-state index contributed by atoms with van der Waals surface area (Å²) in [6, 6.07) is 8.08. The summed E-state index contributed by atoms with van der Waals surface area (Å²) in [5, 5.41) is 13.1. The minimum absolute atomic E-state index is 0.593. The van der Waals surface area contributed by atoms with Crippen LogP contribution < -0.4 is 10.1 Å². The van der Waals surface area contributed by atoms with Crippen LogP contribution in [-0.2, 0) is 13.0 Å². The third kappa shape index (κ3) is 4.58. The van der Waals surface area contributed by atoms with Crippen molar-refractivity contribution in [1.82, 2.24) is 15.5 Å². The molecule has 5 heteroatoms. The van der Waals surface area contributed by atoms with Gasteiger partial charge in [0.15, 0.2) is 0 Å². The van der Waals surface area contributed by atoms with Gasteiger partial charge >= 0.3 is 0 Å². The first-order chi connectivity index (χ1) is 9.67. The number of hydrogen-bond donors (Lipinski definition) is 1. The first-order valence-electron chi connectivity index (χ1n) is 6.97. The molecule has 0 amide bonds. The molecule has 0 bridgehead atoms. The zero-order valence-corrected chi connectivity index (χ0v) is 13.0. The molecule has 1 aromatic heterocycles. The van der Waals surface area contributed by atoms with Gasteiger partial charge in [0.05, 0.1) is 0 Å². The molecule has 108 valence electrons. The summed E-state index contributed by atoms with van der Waals surface area (Å²) < 4.78 is 5.70. The first-order valence-corrected chi connectivity index (χ1v) is 7.79. The van der Waals surface area contributed by atoms with Crippen LogP contribution in [0.2, 0.25) is 0 Å². The van der Waals surface area contributed by atoms with Gasteiger partial charge < -0.3 is 10.1 Å². The summed E-state index contributed by atoms with van der Waals surface area (Å²) in [6.45, 7) is 8.22. The Bertz CT molecular complexity index is 522. The van der Waals surface area contributed by atoms with Crippen molar-refractivity contribution < 1.29 is 4.74 Å². The van der Waals surface area contributed by atoms with Gasteiger partial charge in [-0.15, -0.1) is 5.10 Å². The average Bonchev–Trinajstić information content (AvgIpc) is 2.87. The topological polar surface area (TPSA) is 47.0 Å². The van der Waals surface area contributed by atoms with Crippen LogP contribution in [0.5, 0.6) is 10.9 Å². The summed E-state index contributed by atoms with van der Waals surface area (Å²) in [5.74, 6) is 1.44. The second-order valence-electron chi connectivity index (χ2n) is 5.09. The van der Waals surface area contributed by atoms with E-state index in [9.17, 15) is 0 Å². The Kier molecular flexibility index (Phi) is 5.49. The van der Waals surface area contributed by atoms with Crippen molar-refractivity contribution in [1.29, 1.82) is 0 Å². The van der Waals surface area contributed by atoms with Crippen LogP contribution in [0.1, 0.15) is 31.3 Å². The van der Waals surface area contributed by atoms with Crippen LogP contribution in [0.3, 0.4) is 0 Å². The molecule has 1 N–H and O–H groups in total. The Labute approximate surface area is 124 Å². The molecule has 0 aliphatic heterocycles. The normalized spacial score (nSPS) is 11.0. The molecule has 0 aliphatic carbocycles. The summed E-state index contributed by atoms with van der Waals surface area (Å²) >= 11 is 1.48. The fourth-order valence-corrected chi connectivity index (χ4v) is 2.39. The largest absolute Gasteiger partial charge is 0.430 e. The Balaban J connectivity index is 1.88. The minimum atomic E-state index is 0.593. The average molecular weight is 291 g/mol. The Morgan fingerprint density at radius 2 is 1.95 bits per heavy atom. The number of benzene rings is 1. The maximum absolute atomic E-state index is 5.70. The van der Waals surface area contributed by atoms with Crippen molar-refractivity contribution >= 4 is 11.3 Å². The molecule has 0 aliphatic rings. The van der Waals surface area contributed by atoms with E-state index < -0.39 is 0 Å². The van der Waals surface area contributed by atoms with E-state index in [-0.39, 0.29) is 0 Å². The Morgan fingerprint density at radius 3 is 2.60 bits per heavy atom. The maximum Gasteiger partial charge on any atom is 0.299 e. The number of nitrogens with one attached hydrogen (secondary N) is 1. The highest BCUT2D eigenvalue weighted by atomic mass is 32.1. The SMILES string of the molecule is CCc1ccc(Oc2nnc(CNCC(C)C)s2)cc1. The van der Waals surface area contributed by atoms with Crippen molar-refractivity contribution in [2.24, 2.45) is 5.92 Å². The lowest BCUT2D eigenvalue weighted by Crippen LogP contribution is -2.18. The zero-order valence-electron chi connectivity index (χ0n) is 12.2. The third-order valence-electron chi connectivity index (χ3n) is 2.81. The smallest absolute Gasteiger partial charge is 0.299 e. The molecule has 0 atom stereocenters. The van der Waals surface area contributed by atoms with Gasteiger partial charge in [0.2, 0.25) is 0 Å². The van der Waals surface area contributed by atoms with E-state index in [1.807, 2.05) is 12.1 Å². The number of hydrogen-bond acceptors (Lipinski definition) is 5. The van der Waals surface area contributed by atoms with Crippen LogP contribution in [0.15, 0.2) is 24.3 Å². The van der Waals surface area contributed by atoms with Gasteiger partial charge in [-0.1, -0.05) is 49.3 Å². The molecule has 1 aromatic carbocycles. The van der Waals surface area contributed by atoms with E-state index >= 15 is 0 Å². The second kappa shape index (κ2) is 7.36. The summed E-state index contributed by atoms with van der Waals surface area (Å²) in [7, 11) is 0. The van der Waals surface area contributed by atoms with Gasteiger partial charge in [-0.3, -0.25) is 0 Å². The Hall–Kier alpha value is -1.46. The molecule has 0 unspecified atom stereocenters. The number of rotatable bonds is 7. The minimum Gasteiger partial charge on any atom is -0.430 e. The van der Waals surface area contributed by atoms with Crippen LogP contribution in [0.4, 0.5) is 0 Å². The predicted molar refractivity (Wildman–Crippen MR) is 82.3 cm³/mol. The molecule has 0 saturated carbocycles. The van der Waals surface area contributed by atoms with Crippen molar-refractivity contribution in [3.63, 3.8) is 0 Å². The van der Waals surface area contributed by atoms with Gasteiger partial charge in [0.1, 0.15) is 10.8 Å². The number of nitrogens with zero attached hydrogens (tertiary/aromatic N) is 2. The highest BCUT2D eigenvalue weighted by Gasteiger charge is 2.06. The highest BCUT2D eigenvalue weighted by molar-refractivity contribution is 7.13. The molecule has 2 rings (SSSR count). The summed E-state index contributed by atoms with van der Waals surface area (Å²) in [6.07, 6.45) is 1.03. The van der Waals surface area contributed by atoms with Gasteiger partial charge in [0, 0.05) is 6.54 Å². The van der Waals surface area contributed by atoms with Crippen LogP contribution in [-0.4, -0.2) is 16.7 Å². The van der Waals surface area contributed by atoms with Crippen LogP contribution in [0.25, 0.3) is 0 Å². The van der Waals surface area contributed by atoms with E-state index in [2.05, 4.69) is 48.4 Å². The van der Waals surface area contributed by atoms with Crippen LogP contribution >= 0.6 is 11.3 Å². The van der Waals surface area contributed by atoms with Gasteiger partial charge in [-0.2, -0.15) is 0 Å². The molecule has 2 aromatic rings. The third-order valence-corrected chi connectivity index (χ3v) is 3.62. The molecule has 0 fully saturated rings. The van der Waals surface area contributed by atoms with E-state index in [0.29, 0.717) is 11.1 Å². The standard InChI is InChI=1S/C15H21N3OS/c1-4-12-5-7-13(8-6-12)19-15-18-17-14(20-15)10-16-9-11(2)3/h5-8,11,16H,4,9-10H2,1-3H3. The van der Waals surface area contributed by atoms with Crippen molar-refractivity contribution in [3.8, 4) is 10.9 Å². The van der Waals surface area contributed by atoms with E-state index in [1.54, 1.807) is 0 Å². The molecular formula is C15H21N3OS. The van der Waals surface area contributed by atoms with E-state index in [0.717, 1.165) is 30.3 Å². The lowest BCUT2D eigenvalue weighted by Gasteiger charge is -2.04. The van der Waals surface area contributed by atoms with E-state index in [4.69, 9.17) is 4.74 Å². The number of aromatic nitrogens is 2. The molecule has 0 saturated heterocycles. The molecular weight excluding hydrogens is 270 g/mol. The molecule has 0 spiro atoms. The van der Waals surface area contributed by atoms with Gasteiger partial charge in [-0.05, 0) is 36.6 Å². The summed E-state index contributed by atoms with van der Waals surface area (Å²) in [4.78, 5) is 0. The molecule has 20 heavy (non-hydrogen) atoms. The monoisotopic (exact) mass is 291 g/mol.